The maximum atomic E-state index is 12.4. The first kappa shape index (κ1) is 18.9. The Morgan fingerprint density at radius 1 is 1.15 bits per heavy atom. The van der Waals surface area contributed by atoms with E-state index in [0.717, 1.165) is 27.6 Å². The fourth-order valence-electron chi connectivity index (χ4n) is 2.66. The molecule has 0 unspecified atom stereocenters. The van der Waals surface area contributed by atoms with Crippen molar-refractivity contribution in [1.82, 2.24) is 5.43 Å². The number of carbonyl (C=O) groups is 1. The fraction of sp³-hybridized carbons (Fsp3) is 0.143. The standard InChI is InChI=1S/C21H19BrN2O3/c1-13(15-4-5-17-11-18(27-2)7-6-16(17)10-15)21(26)24-23-12-14-3-8-20(25)19(22)9-14/h3-13,25H,1-2H3,(H,24,26)/b23-12-/t13-/m0/s1. The average molecular weight is 427 g/mol. The molecule has 0 spiro atoms. The molecule has 0 aliphatic rings. The first-order valence-corrected chi connectivity index (χ1v) is 9.16. The summed E-state index contributed by atoms with van der Waals surface area (Å²) in [6, 6.07) is 16.7. The molecule has 0 fully saturated rings. The smallest absolute Gasteiger partial charge is 0.247 e. The van der Waals surface area contributed by atoms with Crippen LogP contribution in [0.2, 0.25) is 0 Å². The molecular formula is C21H19BrN2O3. The van der Waals surface area contributed by atoms with Crippen LogP contribution in [-0.4, -0.2) is 24.3 Å². The van der Waals surface area contributed by atoms with Crippen LogP contribution >= 0.6 is 15.9 Å². The van der Waals surface area contributed by atoms with Crippen LogP contribution < -0.4 is 10.2 Å². The van der Waals surface area contributed by atoms with Gasteiger partial charge in [-0.15, -0.1) is 0 Å². The Labute approximate surface area is 165 Å². The summed E-state index contributed by atoms with van der Waals surface area (Å²) in [6.45, 7) is 1.84. The number of aromatic hydroxyl groups is 1. The Bertz CT molecular complexity index is 1020. The lowest BCUT2D eigenvalue weighted by Crippen LogP contribution is -2.23. The lowest BCUT2D eigenvalue weighted by molar-refractivity contribution is -0.122. The van der Waals surface area contributed by atoms with E-state index >= 15 is 0 Å². The van der Waals surface area contributed by atoms with Crippen molar-refractivity contribution in [3.8, 4) is 11.5 Å². The predicted molar refractivity (Wildman–Crippen MR) is 110 cm³/mol. The van der Waals surface area contributed by atoms with E-state index < -0.39 is 0 Å². The Hall–Kier alpha value is -2.86. The number of hydrazone groups is 1. The number of rotatable bonds is 5. The Balaban J connectivity index is 1.70. The fourth-order valence-corrected chi connectivity index (χ4v) is 3.06. The molecule has 0 aliphatic carbocycles. The van der Waals surface area contributed by atoms with E-state index in [2.05, 4.69) is 26.5 Å². The number of carbonyl (C=O) groups excluding carboxylic acids is 1. The Kier molecular flexibility index (Phi) is 5.76. The zero-order chi connectivity index (χ0) is 19.4. The number of nitrogens with one attached hydrogen (secondary N) is 1. The van der Waals surface area contributed by atoms with Crippen LogP contribution in [0.15, 0.2) is 64.2 Å². The van der Waals surface area contributed by atoms with Gasteiger partial charge in [-0.1, -0.05) is 24.3 Å². The average Bonchev–Trinajstić information content (AvgIpc) is 2.69. The molecule has 0 radical (unpaired) electrons. The number of hydrogen-bond donors (Lipinski definition) is 2. The maximum Gasteiger partial charge on any atom is 0.247 e. The van der Waals surface area contributed by atoms with Crippen LogP contribution in [0.3, 0.4) is 0 Å². The van der Waals surface area contributed by atoms with E-state index in [1.807, 2.05) is 43.3 Å². The molecule has 0 bridgehead atoms. The topological polar surface area (TPSA) is 70.9 Å². The molecule has 6 heteroatoms. The summed E-state index contributed by atoms with van der Waals surface area (Å²) in [5.41, 5.74) is 4.23. The zero-order valence-electron chi connectivity index (χ0n) is 14.9. The van der Waals surface area contributed by atoms with Crippen molar-refractivity contribution in [3.63, 3.8) is 0 Å². The minimum Gasteiger partial charge on any atom is -0.507 e. The summed E-state index contributed by atoms with van der Waals surface area (Å²) >= 11 is 3.24. The molecule has 1 amide bonds. The van der Waals surface area contributed by atoms with Crippen molar-refractivity contribution < 1.29 is 14.6 Å². The summed E-state index contributed by atoms with van der Waals surface area (Å²) in [7, 11) is 1.64. The van der Waals surface area contributed by atoms with Gasteiger partial charge in [0.1, 0.15) is 11.5 Å². The summed E-state index contributed by atoms with van der Waals surface area (Å²) in [4.78, 5) is 12.4. The molecule has 5 nitrogen and oxygen atoms in total. The normalized spacial score (nSPS) is 12.3. The van der Waals surface area contributed by atoms with Crippen molar-refractivity contribution >= 4 is 38.8 Å². The summed E-state index contributed by atoms with van der Waals surface area (Å²) < 4.78 is 5.80. The third-order valence-corrected chi connectivity index (χ3v) is 4.96. The Morgan fingerprint density at radius 2 is 1.89 bits per heavy atom. The van der Waals surface area contributed by atoms with Gasteiger partial charge in [0.15, 0.2) is 0 Å². The second kappa shape index (κ2) is 8.22. The summed E-state index contributed by atoms with van der Waals surface area (Å²) in [5, 5.41) is 15.6. The van der Waals surface area contributed by atoms with Gasteiger partial charge in [0.05, 0.1) is 23.7 Å². The number of fused-ring (bicyclic) bond motifs is 1. The predicted octanol–water partition coefficient (Wildman–Crippen LogP) is 4.57. The zero-order valence-corrected chi connectivity index (χ0v) is 16.5. The highest BCUT2D eigenvalue weighted by atomic mass is 79.9. The van der Waals surface area contributed by atoms with Gasteiger partial charge in [-0.05, 0) is 75.1 Å². The lowest BCUT2D eigenvalue weighted by atomic mass is 9.97. The third kappa shape index (κ3) is 4.46. The largest absolute Gasteiger partial charge is 0.507 e. The first-order chi connectivity index (χ1) is 13.0. The minimum atomic E-state index is -0.347. The third-order valence-electron chi connectivity index (χ3n) is 4.32. The molecule has 0 aromatic heterocycles. The molecule has 1 atom stereocenters. The first-order valence-electron chi connectivity index (χ1n) is 8.37. The quantitative estimate of drug-likeness (QED) is 0.463. The van der Waals surface area contributed by atoms with Crippen molar-refractivity contribution in [3.05, 3.63) is 70.2 Å². The SMILES string of the molecule is COc1ccc2cc([C@H](C)C(=O)N/N=C\c3ccc(O)c(Br)c3)ccc2c1. The molecule has 3 rings (SSSR count). The van der Waals surface area contributed by atoms with Crippen LogP contribution in [0.25, 0.3) is 10.8 Å². The molecule has 138 valence electrons. The number of ether oxygens (including phenoxy) is 1. The number of phenolic OH excluding ortho intramolecular Hbond substituents is 1. The molecule has 27 heavy (non-hydrogen) atoms. The van der Waals surface area contributed by atoms with E-state index in [9.17, 15) is 9.90 Å². The van der Waals surface area contributed by atoms with Crippen molar-refractivity contribution in [2.24, 2.45) is 5.10 Å². The molecule has 2 N–H and O–H groups in total. The summed E-state index contributed by atoms with van der Waals surface area (Å²) in [5.74, 6) is 0.409. The number of amides is 1. The number of methoxy groups -OCH3 is 1. The highest BCUT2D eigenvalue weighted by Gasteiger charge is 2.15. The Morgan fingerprint density at radius 3 is 2.63 bits per heavy atom. The second-order valence-electron chi connectivity index (χ2n) is 6.14. The molecule has 0 heterocycles. The molecule has 0 saturated heterocycles. The number of halogens is 1. The van der Waals surface area contributed by atoms with E-state index in [4.69, 9.17) is 4.74 Å². The minimum absolute atomic E-state index is 0.152. The number of nitrogens with zero attached hydrogens (tertiary/aromatic N) is 1. The van der Waals surface area contributed by atoms with Crippen molar-refractivity contribution in [2.45, 2.75) is 12.8 Å². The van der Waals surface area contributed by atoms with Crippen LogP contribution in [-0.2, 0) is 4.79 Å². The van der Waals surface area contributed by atoms with Crippen LogP contribution in [0.5, 0.6) is 11.5 Å². The van der Waals surface area contributed by atoms with E-state index in [-0.39, 0.29) is 17.6 Å². The van der Waals surface area contributed by atoms with Crippen LogP contribution in [0.4, 0.5) is 0 Å². The van der Waals surface area contributed by atoms with Gasteiger partial charge in [0.25, 0.3) is 0 Å². The summed E-state index contributed by atoms with van der Waals surface area (Å²) in [6.07, 6.45) is 1.53. The van der Waals surface area contributed by atoms with Crippen LogP contribution in [0.1, 0.15) is 24.0 Å². The highest BCUT2D eigenvalue weighted by Crippen LogP contribution is 2.25. The number of benzene rings is 3. The monoisotopic (exact) mass is 426 g/mol. The van der Waals surface area contributed by atoms with Gasteiger partial charge in [-0.2, -0.15) is 5.10 Å². The van der Waals surface area contributed by atoms with Gasteiger partial charge in [-0.3, -0.25) is 4.79 Å². The molecular weight excluding hydrogens is 408 g/mol. The number of hydrogen-bond acceptors (Lipinski definition) is 4. The second-order valence-corrected chi connectivity index (χ2v) is 6.99. The van der Waals surface area contributed by atoms with Crippen molar-refractivity contribution in [1.29, 1.82) is 0 Å². The van der Waals surface area contributed by atoms with Gasteiger partial charge < -0.3 is 9.84 Å². The van der Waals surface area contributed by atoms with E-state index in [1.54, 1.807) is 25.3 Å². The highest BCUT2D eigenvalue weighted by molar-refractivity contribution is 9.10. The molecule has 3 aromatic rings. The van der Waals surface area contributed by atoms with E-state index in [1.165, 1.54) is 6.21 Å². The lowest BCUT2D eigenvalue weighted by Gasteiger charge is -2.11. The van der Waals surface area contributed by atoms with E-state index in [0.29, 0.717) is 4.47 Å². The van der Waals surface area contributed by atoms with Gasteiger partial charge >= 0.3 is 0 Å². The van der Waals surface area contributed by atoms with Gasteiger partial charge in [0.2, 0.25) is 5.91 Å². The maximum absolute atomic E-state index is 12.4. The molecule has 0 aliphatic heterocycles. The van der Waals surface area contributed by atoms with Crippen LogP contribution in [0, 0.1) is 0 Å². The van der Waals surface area contributed by atoms with Gasteiger partial charge in [0, 0.05) is 0 Å². The number of phenols is 1. The molecule has 3 aromatic carbocycles. The van der Waals surface area contributed by atoms with Crippen molar-refractivity contribution in [2.75, 3.05) is 7.11 Å². The molecule has 0 saturated carbocycles. The van der Waals surface area contributed by atoms with Gasteiger partial charge in [-0.25, -0.2) is 5.43 Å².